The number of aromatic nitrogens is 3. The van der Waals surface area contributed by atoms with Crippen LogP contribution in [0.15, 0.2) is 67.0 Å². The zero-order valence-corrected chi connectivity index (χ0v) is 27.3. The average molecular weight is 667 g/mol. The number of thioether (sulfide) groups is 2. The van der Waals surface area contributed by atoms with Crippen LogP contribution in [0.25, 0.3) is 21.8 Å². The van der Waals surface area contributed by atoms with Crippen molar-refractivity contribution in [3.63, 3.8) is 0 Å². The van der Waals surface area contributed by atoms with E-state index in [9.17, 15) is 10.2 Å². The molecule has 4 heterocycles. The summed E-state index contributed by atoms with van der Waals surface area (Å²) in [6.07, 6.45) is 3.35. The van der Waals surface area contributed by atoms with Crippen molar-refractivity contribution < 1.29 is 10.2 Å². The number of pyridine rings is 3. The molecule has 7 nitrogen and oxygen atoms in total. The van der Waals surface area contributed by atoms with Crippen LogP contribution in [0.1, 0.15) is 22.5 Å². The second kappa shape index (κ2) is 14.5. The Morgan fingerprint density at radius 2 is 1.14 bits per heavy atom. The molecule has 6 rings (SSSR count). The van der Waals surface area contributed by atoms with E-state index < -0.39 is 0 Å². The zero-order valence-electron chi connectivity index (χ0n) is 24.1. The van der Waals surface area contributed by atoms with Crippen molar-refractivity contribution >= 4 is 68.5 Å². The molecule has 0 amide bonds. The van der Waals surface area contributed by atoms with Crippen LogP contribution in [0.2, 0.25) is 10.0 Å². The number of phenolic OH excluding ortho intramolecular Hbond substituents is 2. The fourth-order valence-electron chi connectivity index (χ4n) is 5.45. The first-order valence-electron chi connectivity index (χ1n) is 14.5. The molecule has 0 atom stereocenters. The second-order valence-corrected chi connectivity index (χ2v) is 13.8. The van der Waals surface area contributed by atoms with Crippen molar-refractivity contribution in [3.8, 4) is 11.5 Å². The maximum Gasteiger partial charge on any atom is 0.146 e. The summed E-state index contributed by atoms with van der Waals surface area (Å²) < 4.78 is 0. The topological polar surface area (TPSA) is 85.6 Å². The third kappa shape index (κ3) is 7.36. The predicted molar refractivity (Wildman–Crippen MR) is 184 cm³/mol. The molecule has 0 fully saturated rings. The predicted octanol–water partition coefficient (Wildman–Crippen LogP) is 7.38. The van der Waals surface area contributed by atoms with Gasteiger partial charge in [0.05, 0.1) is 21.4 Å². The summed E-state index contributed by atoms with van der Waals surface area (Å²) in [5.41, 5.74) is 4.74. The summed E-state index contributed by atoms with van der Waals surface area (Å²) in [7, 11) is 0. The first kappa shape index (κ1) is 31.2. The minimum absolute atomic E-state index is 0.172. The zero-order chi connectivity index (χ0) is 30.5. The highest BCUT2D eigenvalue weighted by Crippen LogP contribution is 2.35. The molecular weight excluding hydrogens is 633 g/mol. The second-order valence-electron chi connectivity index (χ2n) is 10.8. The van der Waals surface area contributed by atoms with E-state index in [1.807, 2.05) is 59.9 Å². The summed E-state index contributed by atoms with van der Waals surface area (Å²) in [5.74, 6) is 3.87. The van der Waals surface area contributed by atoms with Crippen LogP contribution in [-0.4, -0.2) is 72.6 Å². The van der Waals surface area contributed by atoms with E-state index >= 15 is 0 Å². The fourth-order valence-corrected chi connectivity index (χ4v) is 7.82. The normalized spacial score (nSPS) is 16.1. The summed E-state index contributed by atoms with van der Waals surface area (Å²) in [4.78, 5) is 18.4. The Hall–Kier alpha value is -2.79. The minimum atomic E-state index is 0.172. The number of phenols is 2. The Morgan fingerprint density at radius 3 is 1.61 bits per heavy atom. The first-order chi connectivity index (χ1) is 21.5. The summed E-state index contributed by atoms with van der Waals surface area (Å²) >= 11 is 17.0. The van der Waals surface area contributed by atoms with E-state index in [2.05, 4.69) is 38.0 Å². The van der Waals surface area contributed by atoms with Crippen LogP contribution in [0.4, 0.5) is 0 Å². The highest BCUT2D eigenvalue weighted by Gasteiger charge is 2.19. The smallest absolute Gasteiger partial charge is 0.146 e. The van der Waals surface area contributed by atoms with Gasteiger partial charge in [0.25, 0.3) is 0 Å². The van der Waals surface area contributed by atoms with E-state index in [1.165, 1.54) is 0 Å². The van der Waals surface area contributed by atoms with Crippen molar-refractivity contribution in [3.05, 3.63) is 99.6 Å². The van der Waals surface area contributed by atoms with Crippen LogP contribution in [0.5, 0.6) is 11.5 Å². The Kier molecular flexibility index (Phi) is 10.3. The van der Waals surface area contributed by atoms with Crippen molar-refractivity contribution in [2.45, 2.75) is 24.6 Å². The number of hydrogen-bond acceptors (Lipinski definition) is 9. The minimum Gasteiger partial charge on any atom is -0.505 e. The van der Waals surface area contributed by atoms with E-state index in [0.29, 0.717) is 34.2 Å². The number of hydrogen-bond donors (Lipinski definition) is 2. The average Bonchev–Trinajstić information content (AvgIpc) is 3.04. The highest BCUT2D eigenvalue weighted by molar-refractivity contribution is 7.98. The molecule has 1 aliphatic rings. The lowest BCUT2D eigenvalue weighted by Gasteiger charge is -2.28. The SMILES string of the molecule is Oc1c(CN2CCSCc3cccc(n3)CSCCN(Cc3cc(Cl)c4cccnc4c3O)CC2)cc(Cl)c2cccnc12. The van der Waals surface area contributed by atoms with Crippen molar-refractivity contribution in [1.29, 1.82) is 0 Å². The van der Waals surface area contributed by atoms with Crippen molar-refractivity contribution in [1.82, 2.24) is 24.8 Å². The number of aromatic hydroxyl groups is 2. The van der Waals surface area contributed by atoms with Gasteiger partial charge in [-0.05, 0) is 48.5 Å². The summed E-state index contributed by atoms with van der Waals surface area (Å²) in [6, 6.07) is 17.4. The van der Waals surface area contributed by atoms with Crippen molar-refractivity contribution in [2.75, 3.05) is 37.7 Å². The third-order valence-electron chi connectivity index (χ3n) is 7.78. The molecule has 44 heavy (non-hydrogen) atoms. The lowest BCUT2D eigenvalue weighted by Crippen LogP contribution is -2.37. The Labute approximate surface area is 275 Å². The van der Waals surface area contributed by atoms with Crippen LogP contribution < -0.4 is 0 Å². The molecule has 1 aliphatic heterocycles. The maximum atomic E-state index is 11.2. The number of fused-ring (bicyclic) bond motifs is 4. The van der Waals surface area contributed by atoms with Gasteiger partial charge in [-0.25, -0.2) is 0 Å². The number of rotatable bonds is 4. The van der Waals surface area contributed by atoms with Gasteiger partial charge in [-0.15, -0.1) is 0 Å². The number of nitrogens with zero attached hydrogens (tertiary/aromatic N) is 5. The standard InChI is InChI=1S/C33H33Cl2N5O2S2/c34-28-16-22(32(41)30-26(28)6-2-8-36-30)18-39-10-11-40(19-23-17-29(35)27-7-3-9-37-31(27)33(23)42)13-15-44-21-25-5-1-4-24(38-25)20-43-14-12-39/h1-9,16-17,41-42H,10-15,18-21H2. The molecule has 0 spiro atoms. The Bertz CT molecular complexity index is 1650. The molecule has 11 heteroatoms. The molecule has 0 saturated heterocycles. The van der Waals surface area contributed by atoms with Gasteiger partial charge in [-0.1, -0.05) is 29.3 Å². The van der Waals surface area contributed by atoms with Gasteiger partial charge >= 0.3 is 0 Å². The summed E-state index contributed by atoms with van der Waals surface area (Å²) in [5, 5.41) is 25.0. The van der Waals surface area contributed by atoms with Gasteiger partial charge in [0.1, 0.15) is 22.5 Å². The molecular formula is C33H33Cl2N5O2S2. The van der Waals surface area contributed by atoms with Gasteiger partial charge in [0.2, 0.25) is 0 Å². The quantitative estimate of drug-likeness (QED) is 0.204. The lowest BCUT2D eigenvalue weighted by molar-refractivity contribution is 0.204. The fraction of sp³-hybridized carbons (Fsp3) is 0.303. The maximum absolute atomic E-state index is 11.2. The summed E-state index contributed by atoms with van der Waals surface area (Å²) in [6.45, 7) is 4.23. The van der Waals surface area contributed by atoms with Crippen LogP contribution >= 0.6 is 46.7 Å². The van der Waals surface area contributed by atoms with Gasteiger partial charge in [-0.2, -0.15) is 23.5 Å². The van der Waals surface area contributed by atoms with Crippen LogP contribution in [0.3, 0.4) is 0 Å². The lowest BCUT2D eigenvalue weighted by atomic mass is 10.1. The molecule has 0 radical (unpaired) electrons. The van der Waals surface area contributed by atoms with E-state index in [0.717, 1.165) is 82.5 Å². The molecule has 228 valence electrons. The number of benzene rings is 2. The molecule has 2 N–H and O–H groups in total. The molecule has 3 aromatic heterocycles. The van der Waals surface area contributed by atoms with Gasteiger partial charge in [0.15, 0.2) is 0 Å². The van der Waals surface area contributed by atoms with Gasteiger partial charge in [-0.3, -0.25) is 24.8 Å². The Morgan fingerprint density at radius 1 is 0.659 bits per heavy atom. The van der Waals surface area contributed by atoms with E-state index in [4.69, 9.17) is 28.2 Å². The largest absolute Gasteiger partial charge is 0.505 e. The van der Waals surface area contributed by atoms with E-state index in [-0.39, 0.29) is 11.5 Å². The molecule has 0 aliphatic carbocycles. The highest BCUT2D eigenvalue weighted by atomic mass is 35.5. The van der Waals surface area contributed by atoms with Gasteiger partial charge in [0, 0.05) is 96.6 Å². The number of halogens is 2. The third-order valence-corrected chi connectivity index (χ3v) is 10.3. The monoisotopic (exact) mass is 665 g/mol. The van der Waals surface area contributed by atoms with Crippen LogP contribution in [-0.2, 0) is 24.6 Å². The molecule has 2 bridgehead atoms. The van der Waals surface area contributed by atoms with Crippen LogP contribution in [0, 0.1) is 0 Å². The molecule has 5 aromatic rings. The molecule has 2 aromatic carbocycles. The van der Waals surface area contributed by atoms with E-state index in [1.54, 1.807) is 12.4 Å². The molecule has 0 unspecified atom stereocenters. The first-order valence-corrected chi connectivity index (χ1v) is 17.6. The van der Waals surface area contributed by atoms with Gasteiger partial charge < -0.3 is 10.2 Å². The molecule has 0 saturated carbocycles. The van der Waals surface area contributed by atoms with Crippen molar-refractivity contribution in [2.24, 2.45) is 0 Å². The Balaban J connectivity index is 1.27.